The van der Waals surface area contributed by atoms with E-state index < -0.39 is 0 Å². The fourth-order valence-electron chi connectivity index (χ4n) is 2.65. The van der Waals surface area contributed by atoms with Crippen LogP contribution in [0.3, 0.4) is 0 Å². The third-order valence-electron chi connectivity index (χ3n) is 4.01. The van der Waals surface area contributed by atoms with Crippen LogP contribution in [0, 0.1) is 5.92 Å². The van der Waals surface area contributed by atoms with Crippen LogP contribution in [-0.2, 0) is 11.4 Å². The number of carbonyl (C=O) groups is 1. The number of allylic oxidation sites excluding steroid dienone is 2. The minimum absolute atomic E-state index is 0.0917. The molecule has 2 aromatic carbocycles. The fraction of sp³-hybridized carbons (Fsp3) is 0.250. The van der Waals surface area contributed by atoms with Gasteiger partial charge in [0.2, 0.25) is 5.91 Å². The van der Waals surface area contributed by atoms with Crippen LogP contribution in [0.4, 0.5) is 5.69 Å². The lowest BCUT2D eigenvalue weighted by molar-refractivity contribution is -0.120. The van der Waals surface area contributed by atoms with E-state index in [-0.39, 0.29) is 11.8 Å². The standard InChI is InChI=1S/C20H21NO2/c22-20(17-9-5-2-6-10-17)21-18-11-13-19(14-12-18)23-15-16-7-3-1-4-8-16/h1-5,7-8,11-14,17H,6,9-10,15H2,(H,21,22). The van der Waals surface area contributed by atoms with E-state index in [9.17, 15) is 4.79 Å². The van der Waals surface area contributed by atoms with Crippen LogP contribution in [0.1, 0.15) is 24.8 Å². The lowest BCUT2D eigenvalue weighted by Crippen LogP contribution is -2.23. The maximum Gasteiger partial charge on any atom is 0.227 e. The summed E-state index contributed by atoms with van der Waals surface area (Å²) in [5.74, 6) is 0.994. The molecule has 0 saturated carbocycles. The van der Waals surface area contributed by atoms with E-state index in [1.165, 1.54) is 0 Å². The number of rotatable bonds is 5. The number of anilines is 1. The first kappa shape index (κ1) is 15.3. The first-order valence-electron chi connectivity index (χ1n) is 8.04. The van der Waals surface area contributed by atoms with Crippen LogP contribution >= 0.6 is 0 Å². The Hall–Kier alpha value is -2.55. The van der Waals surface area contributed by atoms with Crippen molar-refractivity contribution in [3.8, 4) is 5.75 Å². The van der Waals surface area contributed by atoms with Gasteiger partial charge in [-0.2, -0.15) is 0 Å². The minimum atomic E-state index is 0.0917. The van der Waals surface area contributed by atoms with Gasteiger partial charge in [-0.15, -0.1) is 0 Å². The molecule has 0 aliphatic heterocycles. The van der Waals surface area contributed by atoms with Crippen molar-refractivity contribution in [2.45, 2.75) is 25.9 Å². The number of ether oxygens (including phenoxy) is 1. The summed E-state index contributed by atoms with van der Waals surface area (Å²) in [7, 11) is 0. The highest BCUT2D eigenvalue weighted by atomic mass is 16.5. The summed E-state index contributed by atoms with van der Waals surface area (Å²) >= 11 is 0. The molecular weight excluding hydrogens is 286 g/mol. The van der Waals surface area contributed by atoms with Gasteiger partial charge in [0.05, 0.1) is 0 Å². The van der Waals surface area contributed by atoms with E-state index in [1.54, 1.807) is 0 Å². The Balaban J connectivity index is 1.52. The van der Waals surface area contributed by atoms with Gasteiger partial charge in [-0.1, -0.05) is 42.5 Å². The minimum Gasteiger partial charge on any atom is -0.489 e. The van der Waals surface area contributed by atoms with Gasteiger partial charge in [-0.05, 0) is 49.1 Å². The molecule has 0 saturated heterocycles. The second-order valence-electron chi connectivity index (χ2n) is 5.77. The zero-order valence-corrected chi connectivity index (χ0v) is 13.1. The van der Waals surface area contributed by atoms with Crippen molar-refractivity contribution in [2.24, 2.45) is 5.92 Å². The second-order valence-corrected chi connectivity index (χ2v) is 5.77. The molecule has 1 unspecified atom stereocenters. The van der Waals surface area contributed by atoms with Crippen LogP contribution in [0.25, 0.3) is 0 Å². The average Bonchev–Trinajstić information content (AvgIpc) is 2.63. The van der Waals surface area contributed by atoms with Crippen molar-refractivity contribution in [1.82, 2.24) is 0 Å². The molecule has 0 aromatic heterocycles. The van der Waals surface area contributed by atoms with Gasteiger partial charge < -0.3 is 10.1 Å². The Bertz CT molecular complexity index is 662. The van der Waals surface area contributed by atoms with Crippen LogP contribution in [-0.4, -0.2) is 5.91 Å². The first-order chi connectivity index (χ1) is 11.3. The summed E-state index contributed by atoms with van der Waals surface area (Å²) in [6, 6.07) is 17.6. The van der Waals surface area contributed by atoms with Gasteiger partial charge in [-0.25, -0.2) is 0 Å². The second kappa shape index (κ2) is 7.63. The van der Waals surface area contributed by atoms with Crippen LogP contribution in [0.2, 0.25) is 0 Å². The molecule has 3 rings (SSSR count). The van der Waals surface area contributed by atoms with Crippen molar-refractivity contribution >= 4 is 11.6 Å². The Labute approximate surface area is 137 Å². The lowest BCUT2D eigenvalue weighted by atomic mass is 9.93. The summed E-state index contributed by atoms with van der Waals surface area (Å²) in [6.07, 6.45) is 6.99. The first-order valence-corrected chi connectivity index (χ1v) is 8.04. The fourth-order valence-corrected chi connectivity index (χ4v) is 2.65. The molecule has 0 fully saturated rings. The topological polar surface area (TPSA) is 38.3 Å². The van der Waals surface area contributed by atoms with E-state index in [0.717, 1.165) is 36.3 Å². The van der Waals surface area contributed by atoms with Gasteiger partial charge in [0.25, 0.3) is 0 Å². The quantitative estimate of drug-likeness (QED) is 0.822. The molecule has 0 heterocycles. The molecule has 1 N–H and O–H groups in total. The molecule has 2 aromatic rings. The van der Waals surface area contributed by atoms with Gasteiger partial charge in [0.1, 0.15) is 12.4 Å². The van der Waals surface area contributed by atoms with Gasteiger partial charge >= 0.3 is 0 Å². The Morgan fingerprint density at radius 3 is 2.52 bits per heavy atom. The summed E-state index contributed by atoms with van der Waals surface area (Å²) in [5, 5.41) is 2.98. The van der Waals surface area contributed by atoms with Gasteiger partial charge in [0, 0.05) is 11.6 Å². The maximum absolute atomic E-state index is 12.2. The number of benzene rings is 2. The average molecular weight is 307 g/mol. The lowest BCUT2D eigenvalue weighted by Gasteiger charge is -2.17. The molecule has 0 spiro atoms. The van der Waals surface area contributed by atoms with Crippen LogP contribution < -0.4 is 10.1 Å². The monoisotopic (exact) mass is 307 g/mol. The van der Waals surface area contributed by atoms with E-state index in [2.05, 4.69) is 17.5 Å². The number of nitrogens with one attached hydrogen (secondary N) is 1. The van der Waals surface area contributed by atoms with E-state index in [0.29, 0.717) is 6.61 Å². The van der Waals surface area contributed by atoms with Crippen molar-refractivity contribution < 1.29 is 9.53 Å². The molecular formula is C20H21NO2. The molecule has 3 heteroatoms. The van der Waals surface area contributed by atoms with E-state index in [4.69, 9.17) is 4.74 Å². The molecule has 0 bridgehead atoms. The molecule has 118 valence electrons. The summed E-state index contributed by atoms with van der Waals surface area (Å²) in [4.78, 5) is 12.2. The summed E-state index contributed by atoms with van der Waals surface area (Å²) < 4.78 is 5.75. The third kappa shape index (κ3) is 4.46. The van der Waals surface area contributed by atoms with Crippen molar-refractivity contribution in [3.63, 3.8) is 0 Å². The smallest absolute Gasteiger partial charge is 0.227 e. The van der Waals surface area contributed by atoms with Gasteiger partial charge in [0.15, 0.2) is 0 Å². The molecule has 23 heavy (non-hydrogen) atoms. The Morgan fingerprint density at radius 2 is 1.83 bits per heavy atom. The Morgan fingerprint density at radius 1 is 1.04 bits per heavy atom. The SMILES string of the molecule is O=C(Nc1ccc(OCc2ccccc2)cc1)C1CC=CCC1. The largest absolute Gasteiger partial charge is 0.489 e. The highest BCUT2D eigenvalue weighted by Gasteiger charge is 2.18. The number of amides is 1. The molecule has 1 atom stereocenters. The number of carbonyl (C=O) groups excluding carboxylic acids is 1. The summed E-state index contributed by atoms with van der Waals surface area (Å²) in [5.41, 5.74) is 1.95. The molecule has 0 radical (unpaired) electrons. The van der Waals surface area contributed by atoms with E-state index >= 15 is 0 Å². The normalized spacial score (nSPS) is 16.8. The molecule has 1 aliphatic rings. The van der Waals surface area contributed by atoms with Gasteiger partial charge in [-0.3, -0.25) is 4.79 Å². The molecule has 1 aliphatic carbocycles. The molecule has 3 nitrogen and oxygen atoms in total. The zero-order valence-electron chi connectivity index (χ0n) is 13.1. The van der Waals surface area contributed by atoms with Crippen molar-refractivity contribution in [2.75, 3.05) is 5.32 Å². The summed E-state index contributed by atoms with van der Waals surface area (Å²) in [6.45, 7) is 0.543. The maximum atomic E-state index is 12.2. The highest BCUT2D eigenvalue weighted by Crippen LogP contribution is 2.22. The zero-order chi connectivity index (χ0) is 15.9. The number of hydrogen-bond donors (Lipinski definition) is 1. The predicted molar refractivity (Wildman–Crippen MR) is 92.3 cm³/mol. The van der Waals surface area contributed by atoms with Crippen molar-refractivity contribution in [1.29, 1.82) is 0 Å². The van der Waals surface area contributed by atoms with Crippen LogP contribution in [0.15, 0.2) is 66.7 Å². The van der Waals surface area contributed by atoms with E-state index in [1.807, 2.05) is 54.6 Å². The number of hydrogen-bond acceptors (Lipinski definition) is 2. The Kier molecular flexibility index (Phi) is 5.09. The molecule has 1 amide bonds. The highest BCUT2D eigenvalue weighted by molar-refractivity contribution is 5.92. The predicted octanol–water partition coefficient (Wildman–Crippen LogP) is 4.56. The third-order valence-corrected chi connectivity index (χ3v) is 4.01. The van der Waals surface area contributed by atoms with Crippen molar-refractivity contribution in [3.05, 3.63) is 72.3 Å². The van der Waals surface area contributed by atoms with Crippen LogP contribution in [0.5, 0.6) is 5.75 Å².